The highest BCUT2D eigenvalue weighted by atomic mass is 19.1. The zero-order valence-electron chi connectivity index (χ0n) is 21.0. The number of carbonyl (C=O) groups is 2. The zero-order valence-corrected chi connectivity index (χ0v) is 21.0. The van der Waals surface area contributed by atoms with Crippen LogP contribution < -0.4 is 4.74 Å². The van der Waals surface area contributed by atoms with Crippen molar-refractivity contribution in [3.63, 3.8) is 0 Å². The Kier molecular flexibility index (Phi) is 7.43. The van der Waals surface area contributed by atoms with Crippen LogP contribution in [-0.4, -0.2) is 34.0 Å². The van der Waals surface area contributed by atoms with E-state index in [2.05, 4.69) is 45.0 Å². The molecule has 188 valence electrons. The number of hydrogen-bond donors (Lipinski definition) is 1. The van der Waals surface area contributed by atoms with Crippen LogP contribution in [0.3, 0.4) is 0 Å². The lowest BCUT2D eigenvalue weighted by atomic mass is 9.90. The molecule has 0 fully saturated rings. The molecule has 1 aliphatic heterocycles. The van der Waals surface area contributed by atoms with Crippen LogP contribution in [0.2, 0.25) is 0 Å². The molecule has 1 atom stereocenters. The molecule has 3 aromatic rings. The predicted molar refractivity (Wildman–Crippen MR) is 137 cm³/mol. The number of hydrogen-bond acceptors (Lipinski definition) is 3. The maximum atomic E-state index is 13.7. The fourth-order valence-electron chi connectivity index (χ4n) is 4.73. The summed E-state index contributed by atoms with van der Waals surface area (Å²) in [6, 6.07) is 20.0. The summed E-state index contributed by atoms with van der Waals surface area (Å²) in [7, 11) is 0. The monoisotopic (exact) mass is 489 g/mol. The molecule has 1 heterocycles. The molecule has 3 aromatic carbocycles. The quantitative estimate of drug-likeness (QED) is 0.400. The van der Waals surface area contributed by atoms with Crippen molar-refractivity contribution >= 4 is 11.9 Å². The highest BCUT2D eigenvalue weighted by Crippen LogP contribution is 2.38. The number of fused-ring (bicyclic) bond motifs is 1. The summed E-state index contributed by atoms with van der Waals surface area (Å²) in [4.78, 5) is 26.0. The summed E-state index contributed by atoms with van der Waals surface area (Å²) in [6.45, 7) is 6.58. The molecule has 0 aromatic heterocycles. The Morgan fingerprint density at radius 1 is 1.06 bits per heavy atom. The molecule has 0 saturated heterocycles. The van der Waals surface area contributed by atoms with Gasteiger partial charge in [0.25, 0.3) is 5.91 Å². The Balaban J connectivity index is 1.50. The predicted octanol–water partition coefficient (Wildman–Crippen LogP) is 6.00. The van der Waals surface area contributed by atoms with Crippen LogP contribution in [0.4, 0.5) is 4.39 Å². The van der Waals surface area contributed by atoms with Gasteiger partial charge in [-0.15, -0.1) is 0 Å². The van der Waals surface area contributed by atoms with Crippen LogP contribution in [0.1, 0.15) is 65.7 Å². The first-order valence-corrected chi connectivity index (χ1v) is 12.3. The summed E-state index contributed by atoms with van der Waals surface area (Å²) in [6.07, 6.45) is 1.21. The van der Waals surface area contributed by atoms with Gasteiger partial charge < -0.3 is 14.7 Å². The first-order valence-electron chi connectivity index (χ1n) is 12.3. The van der Waals surface area contributed by atoms with E-state index in [-0.39, 0.29) is 25.4 Å². The summed E-state index contributed by atoms with van der Waals surface area (Å²) in [5, 5.41) is 9.16. The maximum Gasteiger partial charge on any atom is 0.305 e. The van der Waals surface area contributed by atoms with Gasteiger partial charge in [-0.05, 0) is 65.4 Å². The highest BCUT2D eigenvalue weighted by Gasteiger charge is 2.35. The first kappa shape index (κ1) is 25.4. The van der Waals surface area contributed by atoms with Gasteiger partial charge in [0.05, 0.1) is 6.42 Å². The SMILES string of the molecule is CC(C)c1ccc(C[C@@]2(C)Cc3cc(C(=O)N(CCC(=O)O)Cc4cccc(F)c4)ccc3O2)cc1. The Hall–Kier alpha value is -3.67. The third-order valence-electron chi connectivity index (χ3n) is 6.60. The van der Waals surface area contributed by atoms with Crippen molar-refractivity contribution in [3.05, 3.63) is 100 Å². The van der Waals surface area contributed by atoms with Crippen molar-refractivity contribution in [2.24, 2.45) is 0 Å². The average molecular weight is 490 g/mol. The number of carboxylic acids is 1. The van der Waals surface area contributed by atoms with Crippen LogP contribution in [-0.2, 0) is 24.2 Å². The Labute approximate surface area is 211 Å². The standard InChI is InChI=1S/C30H32FNO4/c1-20(2)23-9-7-21(8-10-23)17-30(3)18-25-16-24(11-12-27(25)36-30)29(35)32(14-13-28(33)34)19-22-5-4-6-26(31)15-22/h4-12,15-16,20H,13-14,17-19H2,1-3H3,(H,33,34)/t30-/m0/s1. The number of carboxylic acid groups (broad SMARTS) is 1. The van der Waals surface area contributed by atoms with Crippen molar-refractivity contribution < 1.29 is 23.8 Å². The van der Waals surface area contributed by atoms with E-state index in [0.29, 0.717) is 23.5 Å². The van der Waals surface area contributed by atoms with Gasteiger partial charge >= 0.3 is 5.97 Å². The van der Waals surface area contributed by atoms with Gasteiger partial charge in [0.2, 0.25) is 0 Å². The molecule has 0 saturated carbocycles. The van der Waals surface area contributed by atoms with E-state index < -0.39 is 17.4 Å². The van der Waals surface area contributed by atoms with Gasteiger partial charge in [0.15, 0.2) is 0 Å². The van der Waals surface area contributed by atoms with Crippen molar-refractivity contribution in [2.45, 2.75) is 58.1 Å². The number of aliphatic carboxylic acids is 1. The van der Waals surface area contributed by atoms with Crippen LogP contribution in [0, 0.1) is 5.82 Å². The van der Waals surface area contributed by atoms with E-state index in [9.17, 15) is 14.0 Å². The van der Waals surface area contributed by atoms with E-state index in [4.69, 9.17) is 9.84 Å². The number of nitrogens with zero attached hydrogens (tertiary/aromatic N) is 1. The van der Waals surface area contributed by atoms with E-state index in [1.807, 2.05) is 12.1 Å². The molecule has 0 aliphatic carbocycles. The van der Waals surface area contributed by atoms with E-state index >= 15 is 0 Å². The molecule has 1 amide bonds. The molecule has 0 spiro atoms. The molecule has 0 bridgehead atoms. The van der Waals surface area contributed by atoms with E-state index in [0.717, 1.165) is 17.7 Å². The molecular formula is C30H32FNO4. The van der Waals surface area contributed by atoms with Gasteiger partial charge in [-0.1, -0.05) is 50.2 Å². The van der Waals surface area contributed by atoms with Crippen LogP contribution >= 0.6 is 0 Å². The second-order valence-electron chi connectivity index (χ2n) is 10.1. The van der Waals surface area contributed by atoms with Gasteiger partial charge in [-0.25, -0.2) is 4.39 Å². The fraction of sp³-hybridized carbons (Fsp3) is 0.333. The van der Waals surface area contributed by atoms with Gasteiger partial charge in [0.1, 0.15) is 17.2 Å². The molecular weight excluding hydrogens is 457 g/mol. The Morgan fingerprint density at radius 3 is 2.47 bits per heavy atom. The number of amides is 1. The Bertz CT molecular complexity index is 1250. The van der Waals surface area contributed by atoms with Crippen molar-refractivity contribution in [2.75, 3.05) is 6.54 Å². The fourth-order valence-corrected chi connectivity index (χ4v) is 4.73. The second kappa shape index (κ2) is 10.5. The summed E-state index contributed by atoms with van der Waals surface area (Å²) in [5.41, 5.74) is 4.09. The lowest BCUT2D eigenvalue weighted by Gasteiger charge is -2.24. The summed E-state index contributed by atoms with van der Waals surface area (Å²) in [5.74, 6) is -0.442. The lowest BCUT2D eigenvalue weighted by molar-refractivity contribution is -0.137. The molecule has 6 heteroatoms. The van der Waals surface area contributed by atoms with E-state index in [1.165, 1.54) is 28.2 Å². The topological polar surface area (TPSA) is 66.8 Å². The molecule has 1 aliphatic rings. The summed E-state index contributed by atoms with van der Waals surface area (Å²) >= 11 is 0. The number of benzene rings is 3. The van der Waals surface area contributed by atoms with Gasteiger partial charge in [-0.2, -0.15) is 0 Å². The minimum Gasteiger partial charge on any atom is -0.487 e. The lowest BCUT2D eigenvalue weighted by Crippen LogP contribution is -2.33. The van der Waals surface area contributed by atoms with Crippen molar-refractivity contribution in [1.82, 2.24) is 4.90 Å². The van der Waals surface area contributed by atoms with Crippen LogP contribution in [0.15, 0.2) is 66.7 Å². The minimum absolute atomic E-state index is 0.0301. The normalized spacial score (nSPS) is 16.5. The number of ether oxygens (including phenoxy) is 1. The zero-order chi connectivity index (χ0) is 25.9. The van der Waals surface area contributed by atoms with E-state index in [1.54, 1.807) is 18.2 Å². The largest absolute Gasteiger partial charge is 0.487 e. The third kappa shape index (κ3) is 6.11. The number of halogens is 1. The molecule has 36 heavy (non-hydrogen) atoms. The average Bonchev–Trinajstić information content (AvgIpc) is 3.16. The van der Waals surface area contributed by atoms with Gasteiger partial charge in [-0.3, -0.25) is 9.59 Å². The van der Waals surface area contributed by atoms with Crippen LogP contribution in [0.5, 0.6) is 5.75 Å². The second-order valence-corrected chi connectivity index (χ2v) is 10.1. The third-order valence-corrected chi connectivity index (χ3v) is 6.60. The molecule has 5 nitrogen and oxygen atoms in total. The van der Waals surface area contributed by atoms with Crippen LogP contribution in [0.25, 0.3) is 0 Å². The van der Waals surface area contributed by atoms with Crippen molar-refractivity contribution in [3.8, 4) is 5.75 Å². The molecule has 4 rings (SSSR count). The number of carbonyl (C=O) groups excluding carboxylic acids is 1. The van der Waals surface area contributed by atoms with Gasteiger partial charge in [0, 0.05) is 31.5 Å². The summed E-state index contributed by atoms with van der Waals surface area (Å²) < 4.78 is 20.0. The molecule has 0 radical (unpaired) electrons. The Morgan fingerprint density at radius 2 is 1.81 bits per heavy atom. The number of rotatable bonds is 9. The minimum atomic E-state index is -0.994. The molecule has 0 unspecified atom stereocenters. The van der Waals surface area contributed by atoms with Crippen molar-refractivity contribution in [1.29, 1.82) is 0 Å². The maximum absolute atomic E-state index is 13.7. The molecule has 1 N–H and O–H groups in total. The highest BCUT2D eigenvalue weighted by molar-refractivity contribution is 5.95. The first-order chi connectivity index (χ1) is 17.1. The smallest absolute Gasteiger partial charge is 0.305 e.